The van der Waals surface area contributed by atoms with Gasteiger partial charge in [0.15, 0.2) is 0 Å². The Morgan fingerprint density at radius 1 is 1.05 bits per heavy atom. The van der Waals surface area contributed by atoms with E-state index in [-0.39, 0.29) is 12.3 Å². The zero-order valence-electron chi connectivity index (χ0n) is 20.0. The molecule has 2 aromatic rings. The maximum absolute atomic E-state index is 11.9. The number of hydrogen-bond donors (Lipinski definition) is 5. The number of amides is 1. The highest BCUT2D eigenvalue weighted by Crippen LogP contribution is 2.30. The summed E-state index contributed by atoms with van der Waals surface area (Å²) in [7, 11) is 1.23. The number of nitrogen functional groups attached to an aromatic ring is 1. The topological polar surface area (TPSA) is 204 Å². The fraction of sp³-hybridized carbons (Fsp3) is 0.286. The number of methoxy groups -OCH3 is 1. The van der Waals surface area contributed by atoms with E-state index in [9.17, 15) is 35.9 Å². The van der Waals surface area contributed by atoms with Crippen LogP contribution in [0.1, 0.15) is 12.5 Å². The van der Waals surface area contributed by atoms with Gasteiger partial charge in [0.25, 0.3) is 0 Å². The van der Waals surface area contributed by atoms with Gasteiger partial charge in [-0.2, -0.15) is 26.3 Å². The minimum absolute atomic E-state index is 0.00558. The quantitative estimate of drug-likeness (QED) is 0.193. The smallest absolute Gasteiger partial charge is 0.490 e. The number of benzene rings is 1. The van der Waals surface area contributed by atoms with Gasteiger partial charge in [0.1, 0.15) is 23.9 Å². The Balaban J connectivity index is 0.000000848. The number of fused-ring (bicyclic) bond motifs is 1. The van der Waals surface area contributed by atoms with Crippen molar-refractivity contribution in [2.75, 3.05) is 26.0 Å². The molecule has 7 N–H and O–H groups in total. The predicted molar refractivity (Wildman–Crippen MR) is 122 cm³/mol. The van der Waals surface area contributed by atoms with Crippen molar-refractivity contribution in [3.63, 3.8) is 0 Å². The largest absolute Gasteiger partial charge is 0.492 e. The van der Waals surface area contributed by atoms with Crippen molar-refractivity contribution in [2.45, 2.75) is 19.3 Å². The van der Waals surface area contributed by atoms with E-state index in [0.717, 1.165) is 5.39 Å². The van der Waals surface area contributed by atoms with E-state index in [1.165, 1.54) is 20.1 Å². The Labute approximate surface area is 215 Å². The maximum Gasteiger partial charge on any atom is 0.490 e. The van der Waals surface area contributed by atoms with Crippen LogP contribution in [0.5, 0.6) is 5.75 Å². The zero-order valence-corrected chi connectivity index (χ0v) is 20.0. The van der Waals surface area contributed by atoms with Crippen LogP contribution in [-0.2, 0) is 23.9 Å². The summed E-state index contributed by atoms with van der Waals surface area (Å²) in [6.45, 7) is 1.90. The van der Waals surface area contributed by atoms with E-state index in [1.54, 1.807) is 24.4 Å². The first kappa shape index (κ1) is 34.4. The Bertz CT molecular complexity index is 1190. The Morgan fingerprint density at radius 2 is 1.56 bits per heavy atom. The van der Waals surface area contributed by atoms with Crippen molar-refractivity contribution >= 4 is 46.5 Å². The van der Waals surface area contributed by atoms with Gasteiger partial charge >= 0.3 is 30.3 Å². The van der Waals surface area contributed by atoms with Crippen molar-refractivity contribution < 1.29 is 65.2 Å². The van der Waals surface area contributed by atoms with Gasteiger partial charge in [0.05, 0.1) is 7.11 Å². The number of rotatable bonds is 6. The van der Waals surface area contributed by atoms with E-state index in [0.29, 0.717) is 29.1 Å². The molecule has 0 atom stereocenters. The van der Waals surface area contributed by atoms with Crippen LogP contribution >= 0.6 is 0 Å². The number of esters is 1. The first-order valence-electron chi connectivity index (χ1n) is 10.0. The average Bonchev–Trinajstić information content (AvgIpc) is 2.81. The van der Waals surface area contributed by atoms with Crippen LogP contribution in [0.2, 0.25) is 0 Å². The fourth-order valence-electron chi connectivity index (χ4n) is 2.25. The lowest BCUT2D eigenvalue weighted by Crippen LogP contribution is -2.25. The van der Waals surface area contributed by atoms with Gasteiger partial charge in [-0.3, -0.25) is 4.79 Å². The minimum Gasteiger partial charge on any atom is -0.492 e. The fourth-order valence-corrected chi connectivity index (χ4v) is 2.25. The molecule has 2 rings (SSSR count). The van der Waals surface area contributed by atoms with E-state index in [2.05, 4.69) is 10.3 Å². The van der Waals surface area contributed by atoms with Crippen molar-refractivity contribution in [1.29, 1.82) is 0 Å². The number of hydrogen-bond acceptors (Lipinski definition) is 9. The lowest BCUT2D eigenvalue weighted by Gasteiger charge is -2.13. The van der Waals surface area contributed by atoms with E-state index in [1.807, 2.05) is 0 Å². The summed E-state index contributed by atoms with van der Waals surface area (Å²) in [6, 6.07) is 5.29. The van der Waals surface area contributed by atoms with E-state index in [4.69, 9.17) is 40.7 Å². The third-order valence-electron chi connectivity index (χ3n) is 3.80. The molecule has 0 spiro atoms. The number of ether oxygens (including phenoxy) is 2. The summed E-state index contributed by atoms with van der Waals surface area (Å²) in [4.78, 5) is 45.1. The number of carboxylic acids is 2. The molecule has 0 aliphatic carbocycles. The second-order valence-corrected chi connectivity index (χ2v) is 6.78. The molecule has 1 aromatic carbocycles. The first-order valence-corrected chi connectivity index (χ1v) is 10.0. The van der Waals surface area contributed by atoms with Gasteiger partial charge in [-0.05, 0) is 29.7 Å². The first-order chi connectivity index (χ1) is 17.8. The summed E-state index contributed by atoms with van der Waals surface area (Å²) < 4.78 is 73.8. The molecule has 12 nitrogen and oxygen atoms in total. The van der Waals surface area contributed by atoms with Crippen molar-refractivity contribution in [3.05, 3.63) is 35.7 Å². The number of nitrogens with one attached hydrogen (secondary N) is 1. The van der Waals surface area contributed by atoms with Crippen LogP contribution in [0, 0.1) is 0 Å². The maximum atomic E-state index is 11.9. The number of carbonyl (C=O) groups excluding carboxylic acids is 2. The minimum atomic E-state index is -5.08. The molecule has 18 heteroatoms. The van der Waals surface area contributed by atoms with Crippen LogP contribution in [0.4, 0.5) is 32.2 Å². The number of alkyl halides is 6. The molecule has 0 bridgehead atoms. The molecule has 1 aromatic heterocycles. The summed E-state index contributed by atoms with van der Waals surface area (Å²) in [5.74, 6) is -5.75. The molecule has 0 fully saturated rings. The third kappa shape index (κ3) is 12.5. The second kappa shape index (κ2) is 15.0. The zero-order chi connectivity index (χ0) is 30.6. The Hall–Kier alpha value is -4.61. The molecule has 39 heavy (non-hydrogen) atoms. The van der Waals surface area contributed by atoms with Crippen LogP contribution in [-0.4, -0.2) is 71.6 Å². The normalized spacial score (nSPS) is 11.3. The monoisotopic (exact) mass is 572 g/mol. The molecule has 216 valence electrons. The number of carboxylic acid groups (broad SMARTS) is 2. The van der Waals surface area contributed by atoms with Crippen LogP contribution in [0.3, 0.4) is 0 Å². The summed E-state index contributed by atoms with van der Waals surface area (Å²) in [5.41, 5.74) is 12.0. The number of aliphatic carboxylic acids is 2. The van der Waals surface area contributed by atoms with Crippen molar-refractivity contribution in [2.24, 2.45) is 5.73 Å². The number of nitrogens with zero attached hydrogens (tertiary/aromatic N) is 1. The highest BCUT2D eigenvalue weighted by atomic mass is 19.4. The summed E-state index contributed by atoms with van der Waals surface area (Å²) >= 11 is 0. The molecular formula is C21H22F6N4O8. The number of nitrogens with two attached hydrogens (primary N) is 2. The van der Waals surface area contributed by atoms with E-state index < -0.39 is 36.2 Å². The highest BCUT2D eigenvalue weighted by molar-refractivity contribution is 6.00. The summed E-state index contributed by atoms with van der Waals surface area (Å²) in [6.07, 6.45) is -7.10. The van der Waals surface area contributed by atoms with Gasteiger partial charge in [-0.25, -0.2) is 19.4 Å². The standard InChI is InChI=1S/C17H20N4O4.2C2HF3O2/c1-10(22)21-14(17(23)24-2)8-12-7-11-3-5-20-16(19)13(11)9-15(12)25-6-4-18;2*3-2(4,5)1(6)7/h3,5,7-9H,4,6,18H2,1-2H3,(H2,19,20)(H,21,22);2*(H,6,7). The molecule has 0 radical (unpaired) electrons. The molecule has 0 saturated carbocycles. The van der Waals surface area contributed by atoms with Crippen LogP contribution < -0.4 is 21.5 Å². The molecule has 0 unspecified atom stereocenters. The van der Waals surface area contributed by atoms with Gasteiger partial charge in [-0.1, -0.05) is 0 Å². The number of aromatic nitrogens is 1. The lowest BCUT2D eigenvalue weighted by atomic mass is 10.1. The Morgan fingerprint density at radius 3 is 1.97 bits per heavy atom. The van der Waals surface area contributed by atoms with Crippen LogP contribution in [0.15, 0.2) is 30.1 Å². The second-order valence-electron chi connectivity index (χ2n) is 6.78. The summed E-state index contributed by atoms with van der Waals surface area (Å²) in [5, 5.41) is 18.2. The van der Waals surface area contributed by atoms with Crippen molar-refractivity contribution in [1.82, 2.24) is 10.3 Å². The molecule has 0 aliphatic heterocycles. The third-order valence-corrected chi connectivity index (χ3v) is 3.80. The predicted octanol–water partition coefficient (Wildman–Crippen LogP) is 2.07. The van der Waals surface area contributed by atoms with Crippen molar-refractivity contribution in [3.8, 4) is 5.75 Å². The molecule has 0 saturated heterocycles. The molecule has 0 aliphatic rings. The van der Waals surface area contributed by atoms with Crippen LogP contribution in [0.25, 0.3) is 16.8 Å². The van der Waals surface area contributed by atoms with E-state index >= 15 is 0 Å². The molecule has 1 amide bonds. The van der Waals surface area contributed by atoms with Gasteiger partial charge in [0, 0.05) is 30.6 Å². The van der Waals surface area contributed by atoms with Gasteiger partial charge in [0.2, 0.25) is 5.91 Å². The number of halogens is 6. The lowest BCUT2D eigenvalue weighted by molar-refractivity contribution is -0.193. The van der Waals surface area contributed by atoms with Gasteiger partial charge in [-0.15, -0.1) is 0 Å². The van der Waals surface area contributed by atoms with Gasteiger partial charge < -0.3 is 36.5 Å². The average molecular weight is 572 g/mol. The number of carbonyl (C=O) groups is 4. The SMILES string of the molecule is COC(=O)C(=Cc1cc2ccnc(N)c2cc1OCCN)NC(C)=O.O=C(O)C(F)(F)F.O=C(O)C(F)(F)F. The number of anilines is 1. The molecule has 1 heterocycles. The number of pyridine rings is 1. The Kier molecular flexibility index (Phi) is 13.2. The molecular weight excluding hydrogens is 550 g/mol. The highest BCUT2D eigenvalue weighted by Gasteiger charge is 2.38.